The lowest BCUT2D eigenvalue weighted by atomic mass is 9.50. The van der Waals surface area contributed by atoms with E-state index >= 15 is 0 Å². The molecule has 6 rings (SSSR count). The summed E-state index contributed by atoms with van der Waals surface area (Å²) < 4.78 is 5.99. The van der Waals surface area contributed by atoms with E-state index in [9.17, 15) is 24.6 Å². The molecule has 3 aliphatic carbocycles. The van der Waals surface area contributed by atoms with Crippen molar-refractivity contribution in [2.24, 2.45) is 23.2 Å². The molecule has 2 aromatic carbocycles. The van der Waals surface area contributed by atoms with Crippen molar-refractivity contribution in [3.63, 3.8) is 0 Å². The van der Waals surface area contributed by atoms with Gasteiger partial charge in [0, 0.05) is 62.4 Å². The summed E-state index contributed by atoms with van der Waals surface area (Å²) in [5.41, 5.74) is 4.94. The standard InChI is InChI=1S/C38H53N5O7/c1-21-30-17-27(38(30,4)5)18-31(21)41-37(48)34-33(22(2)45)32(20-44)50-43(34)19-24-10-9-11-29(35(24)49-8)25-14-26(16-28(15-25)42(6)7)36(47)40-13-12-39-23(3)46/h9-11,14-16,18,21-22,30-34,44-45H,12-13,17,19-20H2,1-8H3,(H,39,46)(H,40,47)(H,41,48)/t21-,22-,30-,31?,32-,33+,34-/m0/s1. The molecule has 12 heteroatoms. The minimum Gasteiger partial charge on any atom is -0.496 e. The van der Waals surface area contributed by atoms with Crippen LogP contribution >= 0.6 is 0 Å². The topological polar surface area (TPSA) is 153 Å². The van der Waals surface area contributed by atoms with Gasteiger partial charge in [-0.05, 0) is 54.4 Å². The van der Waals surface area contributed by atoms with E-state index in [2.05, 4.69) is 42.8 Å². The van der Waals surface area contributed by atoms with Crippen LogP contribution in [0.25, 0.3) is 11.1 Å². The first-order valence-corrected chi connectivity index (χ1v) is 17.4. The van der Waals surface area contributed by atoms with Crippen molar-refractivity contribution in [2.75, 3.05) is 45.8 Å². The molecule has 5 N–H and O–H groups in total. The smallest absolute Gasteiger partial charge is 0.251 e. The number of rotatable bonds is 13. The number of fused-ring (bicyclic) bond motifs is 2. The van der Waals surface area contributed by atoms with Crippen molar-refractivity contribution in [1.29, 1.82) is 0 Å². The number of carbonyl (C=O) groups excluding carboxylic acids is 3. The molecule has 1 aliphatic heterocycles. The Bertz CT molecular complexity index is 1620. The molecule has 12 nitrogen and oxygen atoms in total. The third-order valence-electron chi connectivity index (χ3n) is 10.9. The fourth-order valence-electron chi connectivity index (χ4n) is 7.92. The summed E-state index contributed by atoms with van der Waals surface area (Å²) in [6, 6.07) is 10.2. The van der Waals surface area contributed by atoms with E-state index in [1.165, 1.54) is 12.5 Å². The number of nitrogens with zero attached hydrogens (tertiary/aromatic N) is 2. The van der Waals surface area contributed by atoms with Crippen LogP contribution in [0.1, 0.15) is 57.0 Å². The Balaban J connectivity index is 1.44. The molecule has 1 heterocycles. The number of hydrogen-bond donors (Lipinski definition) is 5. The number of anilines is 1. The first-order chi connectivity index (χ1) is 23.7. The number of methoxy groups -OCH3 is 1. The molecule has 1 unspecified atom stereocenters. The fourth-order valence-corrected chi connectivity index (χ4v) is 7.92. The zero-order chi connectivity index (χ0) is 36.5. The zero-order valence-corrected chi connectivity index (χ0v) is 30.4. The van der Waals surface area contributed by atoms with Gasteiger partial charge in [0.15, 0.2) is 0 Å². The lowest BCUT2D eigenvalue weighted by molar-refractivity contribution is -0.182. The number of amides is 3. The molecule has 3 amide bonds. The fraction of sp³-hybridized carbons (Fsp3) is 0.553. The van der Waals surface area contributed by atoms with E-state index in [0.717, 1.165) is 28.8 Å². The number of benzene rings is 2. The molecule has 0 spiro atoms. The van der Waals surface area contributed by atoms with Crippen molar-refractivity contribution in [3.8, 4) is 16.9 Å². The quantitative estimate of drug-likeness (QED) is 0.158. The normalized spacial score (nSPS) is 25.9. The highest BCUT2D eigenvalue weighted by molar-refractivity contribution is 5.97. The molecule has 7 atom stereocenters. The highest BCUT2D eigenvalue weighted by Gasteiger charge is 2.53. The van der Waals surface area contributed by atoms with E-state index in [1.807, 2.05) is 43.3 Å². The van der Waals surface area contributed by atoms with E-state index in [-0.39, 0.29) is 54.8 Å². The van der Waals surface area contributed by atoms with Gasteiger partial charge in [-0.1, -0.05) is 50.6 Å². The Morgan fingerprint density at radius 3 is 2.46 bits per heavy atom. The second kappa shape index (κ2) is 15.1. The van der Waals surface area contributed by atoms with Crippen molar-refractivity contribution in [3.05, 3.63) is 59.2 Å². The molecule has 272 valence electrons. The van der Waals surface area contributed by atoms with Gasteiger partial charge in [0.2, 0.25) is 11.8 Å². The first-order valence-electron chi connectivity index (χ1n) is 17.4. The molecular formula is C38H53N5O7. The Labute approximate surface area is 295 Å². The second-order valence-corrected chi connectivity index (χ2v) is 14.7. The minimum absolute atomic E-state index is 0.132. The van der Waals surface area contributed by atoms with E-state index < -0.39 is 24.2 Å². The molecule has 2 aromatic rings. The van der Waals surface area contributed by atoms with Crippen molar-refractivity contribution >= 4 is 23.4 Å². The predicted octanol–water partition coefficient (Wildman–Crippen LogP) is 2.87. The summed E-state index contributed by atoms with van der Waals surface area (Å²) in [5.74, 6) is -0.109. The summed E-state index contributed by atoms with van der Waals surface area (Å²) in [6.45, 7) is 10.1. The van der Waals surface area contributed by atoms with Crippen LogP contribution in [0.4, 0.5) is 5.69 Å². The van der Waals surface area contributed by atoms with Gasteiger partial charge in [0.1, 0.15) is 17.9 Å². The van der Waals surface area contributed by atoms with Crippen LogP contribution in [0.2, 0.25) is 0 Å². The predicted molar refractivity (Wildman–Crippen MR) is 191 cm³/mol. The van der Waals surface area contributed by atoms with Crippen LogP contribution in [0.3, 0.4) is 0 Å². The average molecular weight is 692 g/mol. The van der Waals surface area contributed by atoms with Crippen LogP contribution in [-0.2, 0) is 21.0 Å². The third-order valence-corrected chi connectivity index (χ3v) is 10.9. The minimum atomic E-state index is -0.924. The van der Waals surface area contributed by atoms with Crippen molar-refractivity contribution < 1.29 is 34.2 Å². The van der Waals surface area contributed by atoms with Gasteiger partial charge in [-0.3, -0.25) is 19.2 Å². The lowest BCUT2D eigenvalue weighted by Crippen LogP contribution is -2.57. The van der Waals surface area contributed by atoms with Crippen LogP contribution in [-0.4, -0.2) is 98.2 Å². The number of para-hydroxylation sites is 1. The van der Waals surface area contributed by atoms with Gasteiger partial charge in [0.25, 0.3) is 5.91 Å². The number of aliphatic hydroxyl groups excluding tert-OH is 2. The molecule has 50 heavy (non-hydrogen) atoms. The maximum absolute atomic E-state index is 14.1. The summed E-state index contributed by atoms with van der Waals surface area (Å²) in [7, 11) is 5.36. The third kappa shape index (κ3) is 7.39. The maximum atomic E-state index is 14.1. The zero-order valence-electron chi connectivity index (χ0n) is 30.4. The van der Waals surface area contributed by atoms with Crippen LogP contribution < -0.4 is 25.6 Å². The van der Waals surface area contributed by atoms with E-state index in [4.69, 9.17) is 9.57 Å². The Morgan fingerprint density at radius 1 is 1.14 bits per heavy atom. The number of hydroxylamine groups is 2. The van der Waals surface area contributed by atoms with Crippen LogP contribution in [0.15, 0.2) is 48.0 Å². The summed E-state index contributed by atoms with van der Waals surface area (Å²) in [5, 5.41) is 31.5. The Hall–Kier alpha value is -3.97. The number of allylic oxidation sites excluding steroid dienone is 1. The van der Waals surface area contributed by atoms with Gasteiger partial charge < -0.3 is 35.8 Å². The van der Waals surface area contributed by atoms with Gasteiger partial charge in [-0.15, -0.1) is 0 Å². The van der Waals surface area contributed by atoms with Gasteiger partial charge >= 0.3 is 0 Å². The lowest BCUT2D eigenvalue weighted by Gasteiger charge is -2.56. The van der Waals surface area contributed by atoms with Crippen molar-refractivity contribution in [2.45, 2.75) is 71.9 Å². The molecule has 0 radical (unpaired) electrons. The molecule has 4 aliphatic rings. The molecule has 2 bridgehead atoms. The number of aliphatic hydroxyl groups is 2. The molecule has 0 aromatic heterocycles. The first kappa shape index (κ1) is 37.3. The summed E-state index contributed by atoms with van der Waals surface area (Å²) >= 11 is 0. The highest BCUT2D eigenvalue weighted by Crippen LogP contribution is 2.58. The van der Waals surface area contributed by atoms with Gasteiger partial charge in [0.05, 0.1) is 32.4 Å². The van der Waals surface area contributed by atoms with Gasteiger partial charge in [-0.2, -0.15) is 5.06 Å². The van der Waals surface area contributed by atoms with Crippen LogP contribution in [0.5, 0.6) is 5.75 Å². The molecule has 1 saturated carbocycles. The van der Waals surface area contributed by atoms with E-state index in [1.54, 1.807) is 31.2 Å². The summed E-state index contributed by atoms with van der Waals surface area (Å²) in [6.07, 6.45) is 1.54. The van der Waals surface area contributed by atoms with Crippen LogP contribution in [0, 0.1) is 23.2 Å². The number of ether oxygens (including phenoxy) is 1. The average Bonchev–Trinajstić information content (AvgIpc) is 3.45. The number of carbonyl (C=O) groups is 3. The summed E-state index contributed by atoms with van der Waals surface area (Å²) in [4.78, 5) is 46.7. The second-order valence-electron chi connectivity index (χ2n) is 14.7. The molecule has 1 saturated heterocycles. The number of hydrogen-bond acceptors (Lipinski definition) is 9. The van der Waals surface area contributed by atoms with E-state index in [0.29, 0.717) is 23.8 Å². The molecular weight excluding hydrogens is 638 g/mol. The van der Waals surface area contributed by atoms with Gasteiger partial charge in [-0.25, -0.2) is 0 Å². The monoisotopic (exact) mass is 691 g/mol. The molecule has 2 fully saturated rings. The highest BCUT2D eigenvalue weighted by atomic mass is 16.7. The maximum Gasteiger partial charge on any atom is 0.251 e. The number of nitrogens with one attached hydrogen (secondary N) is 3. The Morgan fingerprint density at radius 2 is 1.86 bits per heavy atom. The Kier molecular flexibility index (Phi) is 11.3. The van der Waals surface area contributed by atoms with Crippen molar-refractivity contribution in [1.82, 2.24) is 21.0 Å². The SMILES string of the molecule is COc1c(CN2O[C@@H](CO)[C@@H]([C@H](C)O)[C@H]2C(=O)NC2C=C3C[C@@H]([C@@H]2C)C3(C)C)cccc1-c1cc(C(=O)NCCNC(C)=O)cc(N(C)C)c1. The largest absolute Gasteiger partial charge is 0.496 e.